The van der Waals surface area contributed by atoms with Gasteiger partial charge in [0.25, 0.3) is 11.8 Å². The lowest BCUT2D eigenvalue weighted by Crippen LogP contribution is -2.28. The first kappa shape index (κ1) is 21.2. The summed E-state index contributed by atoms with van der Waals surface area (Å²) in [5, 5.41) is 5.45. The number of anilines is 1. The van der Waals surface area contributed by atoms with E-state index < -0.39 is 17.7 Å². The van der Waals surface area contributed by atoms with Gasteiger partial charge in [-0.2, -0.15) is 0 Å². The highest BCUT2D eigenvalue weighted by atomic mass is 35.5. The minimum Gasteiger partial charge on any atom is -0.474 e. The number of carbonyl (C=O) groups excluding carboxylic acids is 3. The Morgan fingerprint density at radius 1 is 1.21 bits per heavy atom. The van der Waals surface area contributed by atoms with Crippen molar-refractivity contribution in [1.82, 2.24) is 10.3 Å². The topological polar surface area (TPSA) is 123 Å². The van der Waals surface area contributed by atoms with E-state index in [0.29, 0.717) is 5.69 Å². The summed E-state index contributed by atoms with van der Waals surface area (Å²) in [6.45, 7) is 3.78. The molecule has 0 bridgehead atoms. The van der Waals surface area contributed by atoms with E-state index in [9.17, 15) is 14.4 Å². The number of rotatable bonds is 8. The standard InChI is InChI=1S/C19H21ClN4O4/c1-11(2)28-19-14(20)9-12(10-23-19)17(26)24-15-6-4-3-5-13(15)18(27)22-8-7-16(21)25/h3-6,9-11H,7-8H2,1-2H3,(H2,21,25)(H,22,27)(H,24,26). The zero-order valence-corrected chi connectivity index (χ0v) is 16.2. The molecule has 3 amide bonds. The van der Waals surface area contributed by atoms with Crippen LogP contribution >= 0.6 is 11.6 Å². The average molecular weight is 405 g/mol. The van der Waals surface area contributed by atoms with Crippen molar-refractivity contribution in [2.24, 2.45) is 5.73 Å². The fourth-order valence-corrected chi connectivity index (χ4v) is 2.45. The van der Waals surface area contributed by atoms with Crippen LogP contribution in [0, 0.1) is 0 Å². The van der Waals surface area contributed by atoms with Gasteiger partial charge in [0.05, 0.1) is 22.9 Å². The third-order valence-corrected chi connectivity index (χ3v) is 3.76. The fourth-order valence-electron chi connectivity index (χ4n) is 2.24. The van der Waals surface area contributed by atoms with E-state index in [2.05, 4.69) is 15.6 Å². The van der Waals surface area contributed by atoms with Gasteiger partial charge in [-0.3, -0.25) is 14.4 Å². The number of primary amides is 1. The summed E-state index contributed by atoms with van der Waals surface area (Å²) >= 11 is 6.12. The van der Waals surface area contributed by atoms with Gasteiger partial charge in [-0.05, 0) is 32.0 Å². The highest BCUT2D eigenvalue weighted by Gasteiger charge is 2.16. The molecule has 4 N–H and O–H groups in total. The number of hydrogen-bond donors (Lipinski definition) is 3. The van der Waals surface area contributed by atoms with E-state index in [-0.39, 0.29) is 41.1 Å². The van der Waals surface area contributed by atoms with E-state index in [0.717, 1.165) is 0 Å². The molecular formula is C19H21ClN4O4. The minimum atomic E-state index is -0.517. The van der Waals surface area contributed by atoms with Crippen LogP contribution in [0.15, 0.2) is 36.5 Å². The molecule has 0 unspecified atom stereocenters. The molecule has 8 nitrogen and oxygen atoms in total. The van der Waals surface area contributed by atoms with Crippen molar-refractivity contribution in [2.75, 3.05) is 11.9 Å². The third-order valence-electron chi connectivity index (χ3n) is 3.49. The maximum atomic E-state index is 12.5. The lowest BCUT2D eigenvalue weighted by atomic mass is 10.1. The van der Waals surface area contributed by atoms with E-state index in [1.165, 1.54) is 12.3 Å². The number of hydrogen-bond acceptors (Lipinski definition) is 5. The molecule has 9 heteroatoms. The van der Waals surface area contributed by atoms with Crippen LogP contribution in [0.1, 0.15) is 41.0 Å². The maximum absolute atomic E-state index is 12.5. The van der Waals surface area contributed by atoms with Crippen LogP contribution in [0.2, 0.25) is 5.02 Å². The van der Waals surface area contributed by atoms with Crippen molar-refractivity contribution in [3.05, 3.63) is 52.7 Å². The van der Waals surface area contributed by atoms with Gasteiger partial charge < -0.3 is 21.1 Å². The minimum absolute atomic E-state index is 0.0230. The monoisotopic (exact) mass is 404 g/mol. The Morgan fingerprint density at radius 2 is 1.93 bits per heavy atom. The van der Waals surface area contributed by atoms with Crippen LogP contribution in [0.3, 0.4) is 0 Å². The van der Waals surface area contributed by atoms with Crippen molar-refractivity contribution in [3.63, 3.8) is 0 Å². The summed E-state index contributed by atoms with van der Waals surface area (Å²) in [5.41, 5.74) is 5.82. The fraction of sp³-hybridized carbons (Fsp3) is 0.263. The maximum Gasteiger partial charge on any atom is 0.257 e. The second-order valence-electron chi connectivity index (χ2n) is 6.15. The highest BCUT2D eigenvalue weighted by molar-refractivity contribution is 6.32. The van der Waals surface area contributed by atoms with Crippen LogP contribution < -0.4 is 21.1 Å². The lowest BCUT2D eigenvalue weighted by molar-refractivity contribution is -0.117. The Bertz CT molecular complexity index is 886. The van der Waals surface area contributed by atoms with Gasteiger partial charge >= 0.3 is 0 Å². The molecule has 0 spiro atoms. The number of amides is 3. The molecule has 0 radical (unpaired) electrons. The normalized spacial score (nSPS) is 10.4. The molecule has 148 valence electrons. The highest BCUT2D eigenvalue weighted by Crippen LogP contribution is 2.24. The van der Waals surface area contributed by atoms with Gasteiger partial charge in [0, 0.05) is 19.2 Å². The molecule has 0 aliphatic carbocycles. The summed E-state index contributed by atoms with van der Waals surface area (Å²) in [5.74, 6) is -1.20. The molecule has 0 aliphatic rings. The molecule has 0 saturated carbocycles. The summed E-state index contributed by atoms with van der Waals surface area (Å²) in [7, 11) is 0. The number of nitrogens with one attached hydrogen (secondary N) is 2. The Balaban J connectivity index is 2.13. The number of carbonyl (C=O) groups is 3. The number of nitrogens with zero attached hydrogens (tertiary/aromatic N) is 1. The van der Waals surface area contributed by atoms with Crippen molar-refractivity contribution in [3.8, 4) is 5.88 Å². The second kappa shape index (κ2) is 9.70. The first-order valence-electron chi connectivity index (χ1n) is 8.57. The molecule has 1 heterocycles. The number of benzene rings is 1. The summed E-state index contributed by atoms with van der Waals surface area (Å²) < 4.78 is 5.44. The summed E-state index contributed by atoms with van der Waals surface area (Å²) in [4.78, 5) is 39.7. The van der Waals surface area contributed by atoms with Crippen LogP contribution in [-0.4, -0.2) is 35.4 Å². The van der Waals surface area contributed by atoms with E-state index in [4.69, 9.17) is 22.1 Å². The number of halogens is 1. The number of para-hydroxylation sites is 1. The Hall–Kier alpha value is -3.13. The quantitative estimate of drug-likeness (QED) is 0.623. The van der Waals surface area contributed by atoms with Crippen LogP contribution in [0.5, 0.6) is 5.88 Å². The first-order valence-corrected chi connectivity index (χ1v) is 8.94. The molecule has 1 aromatic heterocycles. The first-order chi connectivity index (χ1) is 13.3. The van der Waals surface area contributed by atoms with E-state index in [1.807, 2.05) is 13.8 Å². The van der Waals surface area contributed by atoms with Gasteiger partial charge in [-0.15, -0.1) is 0 Å². The Morgan fingerprint density at radius 3 is 2.57 bits per heavy atom. The molecule has 28 heavy (non-hydrogen) atoms. The van der Waals surface area contributed by atoms with Crippen LogP contribution in [-0.2, 0) is 4.79 Å². The SMILES string of the molecule is CC(C)Oc1ncc(C(=O)Nc2ccccc2C(=O)NCCC(N)=O)cc1Cl. The number of nitrogens with two attached hydrogens (primary N) is 1. The van der Waals surface area contributed by atoms with Gasteiger partial charge in [0.15, 0.2) is 0 Å². The predicted octanol–water partition coefficient (Wildman–Crippen LogP) is 2.38. The molecule has 0 fully saturated rings. The predicted molar refractivity (Wildman–Crippen MR) is 106 cm³/mol. The number of ether oxygens (including phenoxy) is 1. The third kappa shape index (κ3) is 5.95. The van der Waals surface area contributed by atoms with Gasteiger partial charge in [-0.25, -0.2) is 4.98 Å². The van der Waals surface area contributed by atoms with E-state index >= 15 is 0 Å². The molecular weight excluding hydrogens is 384 g/mol. The van der Waals surface area contributed by atoms with Crippen molar-refractivity contribution in [2.45, 2.75) is 26.4 Å². The van der Waals surface area contributed by atoms with Crippen LogP contribution in [0.4, 0.5) is 5.69 Å². The van der Waals surface area contributed by atoms with Gasteiger partial charge in [-0.1, -0.05) is 23.7 Å². The Kier molecular flexibility index (Phi) is 7.34. The van der Waals surface area contributed by atoms with Crippen LogP contribution in [0.25, 0.3) is 0 Å². The van der Waals surface area contributed by atoms with Crippen molar-refractivity contribution < 1.29 is 19.1 Å². The van der Waals surface area contributed by atoms with Crippen molar-refractivity contribution in [1.29, 1.82) is 0 Å². The van der Waals surface area contributed by atoms with Crippen molar-refractivity contribution >= 4 is 35.0 Å². The second-order valence-corrected chi connectivity index (χ2v) is 6.56. The Labute approximate surface area is 167 Å². The smallest absolute Gasteiger partial charge is 0.257 e. The molecule has 2 aromatic rings. The summed E-state index contributed by atoms with van der Waals surface area (Å²) in [6.07, 6.45) is 1.26. The summed E-state index contributed by atoms with van der Waals surface area (Å²) in [6, 6.07) is 7.93. The molecule has 0 atom stereocenters. The zero-order valence-electron chi connectivity index (χ0n) is 15.5. The molecule has 2 rings (SSSR count). The van der Waals surface area contributed by atoms with Gasteiger partial charge in [0.2, 0.25) is 11.8 Å². The van der Waals surface area contributed by atoms with Gasteiger partial charge in [0.1, 0.15) is 5.02 Å². The number of aromatic nitrogens is 1. The average Bonchev–Trinajstić information content (AvgIpc) is 2.63. The zero-order chi connectivity index (χ0) is 20.7. The molecule has 0 saturated heterocycles. The molecule has 1 aromatic carbocycles. The lowest BCUT2D eigenvalue weighted by Gasteiger charge is -2.13. The van der Waals surface area contributed by atoms with E-state index in [1.54, 1.807) is 24.3 Å². The number of pyridine rings is 1. The molecule has 0 aliphatic heterocycles. The largest absolute Gasteiger partial charge is 0.474 e.